The van der Waals surface area contributed by atoms with Gasteiger partial charge in [0.2, 0.25) is 5.91 Å². The smallest absolute Gasteiger partial charge is 0.232 e. The first-order valence-corrected chi connectivity index (χ1v) is 11.8. The van der Waals surface area contributed by atoms with Gasteiger partial charge in [0.15, 0.2) is 9.84 Å². The Kier molecular flexibility index (Phi) is 6.17. The van der Waals surface area contributed by atoms with E-state index in [1.807, 2.05) is 29.2 Å². The Labute approximate surface area is 158 Å². The van der Waals surface area contributed by atoms with Crippen molar-refractivity contribution in [2.75, 3.05) is 35.7 Å². The molecule has 0 aliphatic carbocycles. The van der Waals surface area contributed by atoms with Gasteiger partial charge in [0.25, 0.3) is 0 Å². The van der Waals surface area contributed by atoms with Crippen LogP contribution in [0.15, 0.2) is 24.3 Å². The van der Waals surface area contributed by atoms with E-state index >= 15 is 0 Å². The number of rotatable bonds is 5. The van der Waals surface area contributed by atoms with E-state index < -0.39 is 9.84 Å². The van der Waals surface area contributed by atoms with Crippen LogP contribution in [0.5, 0.6) is 0 Å². The van der Waals surface area contributed by atoms with Gasteiger partial charge in [-0.1, -0.05) is 23.7 Å². The number of benzene rings is 1. The Morgan fingerprint density at radius 3 is 2.60 bits per heavy atom. The van der Waals surface area contributed by atoms with Crippen molar-refractivity contribution in [2.24, 2.45) is 0 Å². The van der Waals surface area contributed by atoms with Crippen molar-refractivity contribution in [1.29, 1.82) is 0 Å². The molecule has 0 saturated carbocycles. The van der Waals surface area contributed by atoms with Gasteiger partial charge in [0.1, 0.15) is 0 Å². The highest BCUT2D eigenvalue weighted by Crippen LogP contribution is 2.26. The average molecular weight is 403 g/mol. The molecule has 138 valence electrons. The van der Waals surface area contributed by atoms with Crippen LogP contribution in [0.2, 0.25) is 5.02 Å². The number of carbonyl (C=O) groups is 1. The quantitative estimate of drug-likeness (QED) is 0.820. The Balaban J connectivity index is 1.41. The number of hydrogen-bond acceptors (Lipinski definition) is 5. The van der Waals surface area contributed by atoms with Crippen LogP contribution in [-0.2, 0) is 14.6 Å². The third-order valence-corrected chi connectivity index (χ3v) is 8.31. The largest absolute Gasteiger partial charge is 0.381 e. The summed E-state index contributed by atoms with van der Waals surface area (Å²) in [5.74, 6) is 0.973. The fourth-order valence-corrected chi connectivity index (χ4v) is 6.98. The van der Waals surface area contributed by atoms with Crippen LogP contribution in [0.4, 0.5) is 5.69 Å². The molecule has 0 radical (unpaired) electrons. The van der Waals surface area contributed by atoms with Gasteiger partial charge in [-0.3, -0.25) is 4.79 Å². The van der Waals surface area contributed by atoms with Crippen molar-refractivity contribution in [3.8, 4) is 0 Å². The first-order valence-electron chi connectivity index (χ1n) is 8.54. The molecule has 3 rings (SSSR count). The second kappa shape index (κ2) is 8.18. The highest BCUT2D eigenvalue weighted by Gasteiger charge is 2.30. The number of nitrogens with zero attached hydrogens (tertiary/aromatic N) is 1. The summed E-state index contributed by atoms with van der Waals surface area (Å²) in [7, 11) is -2.87. The standard InChI is InChI=1S/C17H23ClN2O3S2/c18-15-3-1-2-4-16(15)19-13-5-8-20(9-6-13)17(21)11-24-14-7-10-25(22,23)12-14/h1-4,13-14,19H,5-12H2/t14-/m1/s1. The molecule has 2 fully saturated rings. The van der Waals surface area contributed by atoms with E-state index in [1.54, 1.807) is 0 Å². The SMILES string of the molecule is O=C(CS[C@@H]1CCS(=O)(=O)C1)N1CCC(Nc2ccccc2Cl)CC1. The van der Waals surface area contributed by atoms with Gasteiger partial charge in [0, 0.05) is 24.4 Å². The monoisotopic (exact) mass is 402 g/mol. The van der Waals surface area contributed by atoms with Crippen molar-refractivity contribution in [2.45, 2.75) is 30.6 Å². The molecule has 1 aromatic carbocycles. The molecule has 0 spiro atoms. The summed E-state index contributed by atoms with van der Waals surface area (Å²) < 4.78 is 22.9. The molecular weight excluding hydrogens is 380 g/mol. The average Bonchev–Trinajstić information content (AvgIpc) is 2.94. The number of carbonyl (C=O) groups excluding carboxylic acids is 1. The number of amides is 1. The van der Waals surface area contributed by atoms with Crippen molar-refractivity contribution in [3.63, 3.8) is 0 Å². The maximum Gasteiger partial charge on any atom is 0.232 e. The Morgan fingerprint density at radius 2 is 1.96 bits per heavy atom. The van der Waals surface area contributed by atoms with Crippen LogP contribution in [0.25, 0.3) is 0 Å². The molecule has 25 heavy (non-hydrogen) atoms. The normalized spacial score (nSPS) is 23.6. The maximum atomic E-state index is 12.3. The minimum Gasteiger partial charge on any atom is -0.381 e. The molecule has 0 unspecified atom stereocenters. The van der Waals surface area contributed by atoms with E-state index in [4.69, 9.17) is 11.6 Å². The van der Waals surface area contributed by atoms with Crippen LogP contribution in [-0.4, -0.2) is 60.9 Å². The van der Waals surface area contributed by atoms with Crippen LogP contribution in [0.1, 0.15) is 19.3 Å². The molecule has 2 saturated heterocycles. The van der Waals surface area contributed by atoms with Crippen LogP contribution in [0.3, 0.4) is 0 Å². The molecule has 5 nitrogen and oxygen atoms in total. The topological polar surface area (TPSA) is 66.5 Å². The summed E-state index contributed by atoms with van der Waals surface area (Å²) in [5.41, 5.74) is 0.937. The van der Waals surface area contributed by atoms with E-state index in [2.05, 4.69) is 5.32 Å². The molecule has 2 aliphatic heterocycles. The molecule has 1 atom stereocenters. The van der Waals surface area contributed by atoms with Crippen molar-refractivity contribution in [3.05, 3.63) is 29.3 Å². The number of nitrogens with one attached hydrogen (secondary N) is 1. The number of hydrogen-bond donors (Lipinski definition) is 1. The van der Waals surface area contributed by atoms with Gasteiger partial charge in [-0.15, -0.1) is 11.8 Å². The lowest BCUT2D eigenvalue weighted by atomic mass is 10.0. The maximum absolute atomic E-state index is 12.3. The van der Waals surface area contributed by atoms with E-state index in [0.29, 0.717) is 23.2 Å². The lowest BCUT2D eigenvalue weighted by Crippen LogP contribution is -2.43. The highest BCUT2D eigenvalue weighted by molar-refractivity contribution is 8.02. The summed E-state index contributed by atoms with van der Waals surface area (Å²) in [6.45, 7) is 1.45. The highest BCUT2D eigenvalue weighted by atomic mass is 35.5. The number of thioether (sulfide) groups is 1. The van der Waals surface area contributed by atoms with E-state index in [0.717, 1.165) is 31.6 Å². The fraction of sp³-hybridized carbons (Fsp3) is 0.588. The lowest BCUT2D eigenvalue weighted by molar-refractivity contribution is -0.129. The summed E-state index contributed by atoms with van der Waals surface area (Å²) in [4.78, 5) is 14.2. The first kappa shape index (κ1) is 18.9. The second-order valence-corrected chi connectivity index (χ2v) is 10.5. The van der Waals surface area contributed by atoms with Crippen LogP contribution >= 0.6 is 23.4 Å². The fourth-order valence-electron chi connectivity index (χ4n) is 3.24. The number of sulfone groups is 1. The number of likely N-dealkylation sites (tertiary alicyclic amines) is 1. The summed E-state index contributed by atoms with van der Waals surface area (Å²) in [5, 5.41) is 4.24. The lowest BCUT2D eigenvalue weighted by Gasteiger charge is -2.33. The zero-order valence-electron chi connectivity index (χ0n) is 14.0. The third-order valence-electron chi connectivity index (χ3n) is 4.71. The molecule has 8 heteroatoms. The van der Waals surface area contributed by atoms with E-state index in [9.17, 15) is 13.2 Å². The summed E-state index contributed by atoms with van der Waals surface area (Å²) in [6, 6.07) is 8.00. The van der Waals surface area contributed by atoms with Crippen LogP contribution in [0, 0.1) is 0 Å². The molecule has 0 bridgehead atoms. The second-order valence-electron chi connectivity index (χ2n) is 6.62. The van der Waals surface area contributed by atoms with Crippen LogP contribution < -0.4 is 5.32 Å². The van der Waals surface area contributed by atoms with Gasteiger partial charge in [-0.25, -0.2) is 8.42 Å². The van der Waals surface area contributed by atoms with Gasteiger partial charge < -0.3 is 10.2 Å². The summed E-state index contributed by atoms with van der Waals surface area (Å²) in [6.07, 6.45) is 2.45. The van der Waals surface area contributed by atoms with Crippen molar-refractivity contribution >= 4 is 44.8 Å². The Bertz CT molecular complexity index is 718. The predicted molar refractivity (Wildman–Crippen MR) is 104 cm³/mol. The van der Waals surface area contributed by atoms with E-state index in [-0.39, 0.29) is 22.7 Å². The molecule has 2 aliphatic rings. The van der Waals surface area contributed by atoms with Gasteiger partial charge >= 0.3 is 0 Å². The number of halogens is 1. The molecule has 1 N–H and O–H groups in total. The number of anilines is 1. The molecule has 0 aromatic heterocycles. The van der Waals surface area contributed by atoms with Gasteiger partial charge in [-0.2, -0.15) is 0 Å². The molecule has 1 aromatic rings. The molecule has 1 amide bonds. The number of para-hydroxylation sites is 1. The minimum absolute atomic E-state index is 0.0772. The zero-order chi connectivity index (χ0) is 17.9. The Morgan fingerprint density at radius 1 is 1.24 bits per heavy atom. The summed E-state index contributed by atoms with van der Waals surface area (Å²) >= 11 is 7.66. The zero-order valence-corrected chi connectivity index (χ0v) is 16.4. The van der Waals surface area contributed by atoms with E-state index in [1.165, 1.54) is 11.8 Å². The van der Waals surface area contributed by atoms with Crippen molar-refractivity contribution in [1.82, 2.24) is 4.90 Å². The predicted octanol–water partition coefficient (Wildman–Crippen LogP) is 2.66. The minimum atomic E-state index is -2.87. The van der Waals surface area contributed by atoms with Crippen molar-refractivity contribution < 1.29 is 13.2 Å². The van der Waals surface area contributed by atoms with Gasteiger partial charge in [0.05, 0.1) is 28.0 Å². The number of piperidine rings is 1. The molecule has 2 heterocycles. The van der Waals surface area contributed by atoms with Gasteiger partial charge in [-0.05, 0) is 31.4 Å². The first-order chi connectivity index (χ1) is 11.9. The third kappa shape index (κ3) is 5.28. The molecular formula is C17H23ClN2O3S2. The Hall–Kier alpha value is -0.920.